The van der Waals surface area contributed by atoms with Gasteiger partial charge >= 0.3 is 0 Å². The number of fused-ring (bicyclic) bond motifs is 1. The van der Waals surface area contributed by atoms with Gasteiger partial charge in [0, 0.05) is 17.9 Å². The van der Waals surface area contributed by atoms with Gasteiger partial charge in [-0.1, -0.05) is 25.4 Å². The molecular weight excluding hydrogens is 475 g/mol. The minimum atomic E-state index is -0.866. The molecule has 8 nitrogen and oxygen atoms in total. The van der Waals surface area contributed by atoms with E-state index in [2.05, 4.69) is 15.6 Å². The molecule has 0 aliphatic carbocycles. The number of benzene rings is 1. The van der Waals surface area contributed by atoms with Gasteiger partial charge in [0.15, 0.2) is 0 Å². The Labute approximate surface area is 206 Å². The minimum Gasteiger partial charge on any atom is -0.446 e. The van der Waals surface area contributed by atoms with E-state index in [1.165, 1.54) is 24.5 Å². The summed E-state index contributed by atoms with van der Waals surface area (Å²) in [4.78, 5) is 43.6. The van der Waals surface area contributed by atoms with Gasteiger partial charge in [-0.2, -0.15) is 0 Å². The number of amides is 2. The van der Waals surface area contributed by atoms with Crippen molar-refractivity contribution >= 4 is 34.9 Å². The second kappa shape index (κ2) is 9.65. The first-order valence-corrected chi connectivity index (χ1v) is 11.7. The number of carbonyl (C=O) groups is 3. The fraction of sp³-hybridized carbons (Fsp3) is 0.360. The molecule has 184 valence electrons. The van der Waals surface area contributed by atoms with Gasteiger partial charge in [0.1, 0.15) is 23.8 Å². The van der Waals surface area contributed by atoms with Crippen molar-refractivity contribution in [2.45, 2.75) is 53.1 Å². The van der Waals surface area contributed by atoms with Crippen LogP contribution in [0.5, 0.6) is 0 Å². The number of rotatable bonds is 7. The Kier molecular flexibility index (Phi) is 6.80. The molecular formula is C25H26ClFN4O4. The molecule has 1 aromatic carbocycles. The first-order valence-electron chi connectivity index (χ1n) is 11.3. The van der Waals surface area contributed by atoms with E-state index >= 15 is 0 Å². The second-order valence-electron chi connectivity index (χ2n) is 9.01. The van der Waals surface area contributed by atoms with Crippen LogP contribution in [0.15, 0.2) is 28.9 Å². The monoisotopic (exact) mass is 500 g/mol. The predicted octanol–water partition coefficient (Wildman–Crippen LogP) is 4.78. The van der Waals surface area contributed by atoms with Crippen LogP contribution in [-0.2, 0) is 17.8 Å². The van der Waals surface area contributed by atoms with Crippen molar-refractivity contribution in [3.05, 3.63) is 69.4 Å². The van der Waals surface area contributed by atoms with Crippen LogP contribution in [0.25, 0.3) is 0 Å². The second-order valence-corrected chi connectivity index (χ2v) is 9.39. The van der Waals surface area contributed by atoms with Gasteiger partial charge in [0.05, 0.1) is 16.3 Å². The van der Waals surface area contributed by atoms with Crippen LogP contribution in [0.4, 0.5) is 10.1 Å². The number of ketones is 1. The van der Waals surface area contributed by atoms with Crippen molar-refractivity contribution in [2.24, 2.45) is 5.92 Å². The van der Waals surface area contributed by atoms with E-state index in [1.54, 1.807) is 18.4 Å². The highest BCUT2D eigenvalue weighted by molar-refractivity contribution is 6.48. The van der Waals surface area contributed by atoms with Gasteiger partial charge in [0.25, 0.3) is 17.6 Å². The molecule has 0 saturated heterocycles. The third kappa shape index (κ3) is 4.73. The molecule has 3 aromatic rings. The third-order valence-corrected chi connectivity index (χ3v) is 6.40. The van der Waals surface area contributed by atoms with Crippen molar-refractivity contribution in [1.82, 2.24) is 14.9 Å². The number of anilines is 1. The van der Waals surface area contributed by atoms with Crippen LogP contribution in [0.3, 0.4) is 0 Å². The van der Waals surface area contributed by atoms with Gasteiger partial charge in [-0.05, 0) is 56.4 Å². The zero-order valence-electron chi connectivity index (χ0n) is 19.9. The molecule has 0 unspecified atom stereocenters. The molecule has 1 aliphatic heterocycles. The van der Waals surface area contributed by atoms with Crippen molar-refractivity contribution in [2.75, 3.05) is 5.32 Å². The van der Waals surface area contributed by atoms with Crippen LogP contribution in [0.1, 0.15) is 70.0 Å². The summed E-state index contributed by atoms with van der Waals surface area (Å²) in [5, 5.41) is 5.33. The summed E-state index contributed by atoms with van der Waals surface area (Å²) in [7, 11) is 0. The average molecular weight is 501 g/mol. The molecule has 0 bridgehead atoms. The van der Waals surface area contributed by atoms with Gasteiger partial charge in [-0.3, -0.25) is 14.4 Å². The zero-order valence-corrected chi connectivity index (χ0v) is 20.6. The lowest BCUT2D eigenvalue weighted by molar-refractivity contribution is -0.118. The van der Waals surface area contributed by atoms with E-state index in [-0.39, 0.29) is 28.0 Å². The number of hydrogen-bond donors (Lipinski definition) is 2. The number of oxazole rings is 1. The first-order chi connectivity index (χ1) is 16.6. The number of carbonyl (C=O) groups excluding carboxylic acids is 3. The van der Waals surface area contributed by atoms with Crippen LogP contribution >= 0.6 is 11.6 Å². The van der Waals surface area contributed by atoms with Gasteiger partial charge in [0.2, 0.25) is 5.89 Å². The molecule has 4 rings (SSSR count). The number of nitrogens with one attached hydrogen (secondary N) is 2. The lowest BCUT2D eigenvalue weighted by Crippen LogP contribution is -2.37. The lowest BCUT2D eigenvalue weighted by Gasteiger charge is -2.19. The highest BCUT2D eigenvalue weighted by Gasteiger charge is 2.35. The maximum Gasteiger partial charge on any atom is 0.294 e. The maximum atomic E-state index is 13.6. The number of aromatic nitrogens is 2. The fourth-order valence-corrected chi connectivity index (χ4v) is 4.64. The van der Waals surface area contributed by atoms with Crippen molar-refractivity contribution in [3.63, 3.8) is 0 Å². The predicted molar refractivity (Wildman–Crippen MR) is 128 cm³/mol. The number of halogens is 2. The summed E-state index contributed by atoms with van der Waals surface area (Å²) in [6.07, 6.45) is 2.71. The lowest BCUT2D eigenvalue weighted by atomic mass is 10.0. The van der Waals surface area contributed by atoms with Crippen LogP contribution in [0.2, 0.25) is 5.02 Å². The Hall–Kier alpha value is -3.46. The maximum absolute atomic E-state index is 13.6. The van der Waals surface area contributed by atoms with E-state index in [0.29, 0.717) is 47.9 Å². The number of hydrogen-bond acceptors (Lipinski definition) is 5. The minimum absolute atomic E-state index is 0.0248. The number of nitrogens with zero attached hydrogens (tertiary/aromatic N) is 2. The Morgan fingerprint density at radius 2 is 1.97 bits per heavy atom. The van der Waals surface area contributed by atoms with Crippen LogP contribution < -0.4 is 10.6 Å². The van der Waals surface area contributed by atoms with Crippen molar-refractivity contribution < 1.29 is 23.2 Å². The van der Waals surface area contributed by atoms with E-state index in [4.69, 9.17) is 16.0 Å². The Balaban J connectivity index is 1.62. The summed E-state index contributed by atoms with van der Waals surface area (Å²) in [5.74, 6) is -2.41. The summed E-state index contributed by atoms with van der Waals surface area (Å²) >= 11 is 6.55. The molecule has 2 aromatic heterocycles. The fourth-order valence-electron chi connectivity index (χ4n) is 4.26. The number of Topliss-reactive ketones (excluding diaryl/α,β-unsaturated/α-hetero) is 1. The van der Waals surface area contributed by atoms with Crippen LogP contribution in [-0.4, -0.2) is 27.1 Å². The summed E-state index contributed by atoms with van der Waals surface area (Å²) in [5.41, 5.74) is 2.14. The molecule has 3 heterocycles. The quantitative estimate of drug-likeness (QED) is 0.358. The van der Waals surface area contributed by atoms with Crippen molar-refractivity contribution in [3.8, 4) is 0 Å². The zero-order chi connectivity index (χ0) is 25.4. The van der Waals surface area contributed by atoms with Gasteiger partial charge in [-0.15, -0.1) is 0 Å². The summed E-state index contributed by atoms with van der Waals surface area (Å²) in [6, 6.07) is 3.60. The van der Waals surface area contributed by atoms with E-state index < -0.39 is 23.6 Å². The molecule has 0 fully saturated rings. The van der Waals surface area contributed by atoms with Crippen LogP contribution in [0, 0.1) is 25.6 Å². The van der Waals surface area contributed by atoms with E-state index in [0.717, 1.165) is 0 Å². The highest BCUT2D eigenvalue weighted by Crippen LogP contribution is 2.34. The third-order valence-electron chi connectivity index (χ3n) is 6.03. The molecule has 0 saturated carbocycles. The van der Waals surface area contributed by atoms with Gasteiger partial charge < -0.3 is 19.6 Å². The Morgan fingerprint density at radius 3 is 2.60 bits per heavy atom. The molecule has 0 radical (unpaired) electrons. The smallest absolute Gasteiger partial charge is 0.294 e. The largest absolute Gasteiger partial charge is 0.446 e. The molecule has 1 atom stereocenters. The topological polar surface area (TPSA) is 106 Å². The van der Waals surface area contributed by atoms with Crippen molar-refractivity contribution in [1.29, 1.82) is 0 Å². The van der Waals surface area contributed by atoms with E-state index in [9.17, 15) is 18.8 Å². The Morgan fingerprint density at radius 1 is 1.23 bits per heavy atom. The van der Waals surface area contributed by atoms with Gasteiger partial charge in [-0.25, -0.2) is 9.37 Å². The Bertz CT molecular complexity index is 1330. The van der Waals surface area contributed by atoms with E-state index in [1.807, 2.05) is 13.8 Å². The highest BCUT2D eigenvalue weighted by atomic mass is 35.5. The molecule has 0 spiro atoms. The standard InChI is InChI=1S/C25H26ClFN4O4/c1-12(2)20(25-28-14(4)11-35-25)30-24(34)22(32)21-19(26)18(17-6-5-9-31(17)21)23(33)29-15-7-8-16(27)13(3)10-15/h7-8,10-12,20H,5-6,9H2,1-4H3,(H,29,33)(H,30,34)/t20-/m0/s1. The average Bonchev–Trinajstić information content (AvgIpc) is 3.49. The number of aryl methyl sites for hydroxylation is 2. The summed E-state index contributed by atoms with van der Waals surface area (Å²) < 4.78 is 20.7. The molecule has 10 heteroatoms. The molecule has 2 N–H and O–H groups in total. The molecule has 1 aliphatic rings. The molecule has 2 amide bonds. The first kappa shape index (κ1) is 24.7. The normalized spacial score (nSPS) is 13.6. The summed E-state index contributed by atoms with van der Waals surface area (Å²) in [6.45, 7) is 7.56. The SMILES string of the molecule is Cc1coc([C@@H](NC(=O)C(=O)c2c(Cl)c(C(=O)Nc3ccc(F)c(C)c3)c3n2CCC3)C(C)C)n1. The molecule has 35 heavy (non-hydrogen) atoms.